The summed E-state index contributed by atoms with van der Waals surface area (Å²) in [5.41, 5.74) is 7.98. The molecule has 3 rings (SSSR count). The molecule has 0 amide bonds. The van der Waals surface area contributed by atoms with Gasteiger partial charge in [0, 0.05) is 36.9 Å². The van der Waals surface area contributed by atoms with Gasteiger partial charge in [-0.3, -0.25) is 0 Å². The topological polar surface area (TPSA) is 43.8 Å². The molecule has 1 aromatic carbocycles. The Kier molecular flexibility index (Phi) is 3.20. The maximum Gasteiger partial charge on any atom is 0.140 e. The van der Waals surface area contributed by atoms with Gasteiger partial charge in [0.1, 0.15) is 17.3 Å². The lowest BCUT2D eigenvalue weighted by Crippen LogP contribution is -2.00. The van der Waals surface area contributed by atoms with Crippen LogP contribution in [0.5, 0.6) is 0 Å². The highest BCUT2D eigenvalue weighted by Crippen LogP contribution is 2.20. The summed E-state index contributed by atoms with van der Waals surface area (Å²) in [6.45, 7) is 0.745. The zero-order chi connectivity index (χ0) is 14.1. The van der Waals surface area contributed by atoms with Crippen LogP contribution in [0.4, 0.5) is 8.78 Å². The van der Waals surface area contributed by atoms with Gasteiger partial charge >= 0.3 is 0 Å². The lowest BCUT2D eigenvalue weighted by molar-refractivity contribution is 0.578. The molecule has 0 bridgehead atoms. The molecule has 0 aliphatic heterocycles. The van der Waals surface area contributed by atoms with Crippen molar-refractivity contribution < 1.29 is 8.78 Å². The van der Waals surface area contributed by atoms with E-state index in [1.807, 2.05) is 22.9 Å². The second kappa shape index (κ2) is 5.02. The van der Waals surface area contributed by atoms with Crippen molar-refractivity contribution in [2.45, 2.75) is 13.1 Å². The van der Waals surface area contributed by atoms with Crippen molar-refractivity contribution in [1.29, 1.82) is 0 Å². The van der Waals surface area contributed by atoms with Crippen molar-refractivity contribution in [3.63, 3.8) is 0 Å². The van der Waals surface area contributed by atoms with Crippen LogP contribution in [-0.4, -0.2) is 9.55 Å². The van der Waals surface area contributed by atoms with Crippen LogP contribution in [0.15, 0.2) is 42.7 Å². The molecule has 0 spiro atoms. The van der Waals surface area contributed by atoms with E-state index in [1.165, 1.54) is 12.1 Å². The number of fused-ring (bicyclic) bond motifs is 1. The van der Waals surface area contributed by atoms with Crippen LogP contribution in [-0.2, 0) is 13.1 Å². The number of pyridine rings is 1. The summed E-state index contributed by atoms with van der Waals surface area (Å²) in [4.78, 5) is 4.31. The van der Waals surface area contributed by atoms with E-state index in [0.717, 1.165) is 22.7 Å². The number of nitrogens with zero attached hydrogens (tertiary/aromatic N) is 2. The van der Waals surface area contributed by atoms with Gasteiger partial charge in [-0.2, -0.15) is 0 Å². The predicted octanol–water partition coefficient (Wildman–Crippen LogP) is 2.82. The van der Waals surface area contributed by atoms with Crippen LogP contribution >= 0.6 is 0 Å². The Bertz CT molecular complexity index is 745. The fourth-order valence-corrected chi connectivity index (χ4v) is 2.38. The van der Waals surface area contributed by atoms with Crippen LogP contribution in [0.2, 0.25) is 0 Å². The first kappa shape index (κ1) is 12.7. The van der Waals surface area contributed by atoms with Crippen molar-refractivity contribution in [3.8, 4) is 0 Å². The van der Waals surface area contributed by atoms with Gasteiger partial charge in [-0.1, -0.05) is 0 Å². The summed E-state index contributed by atoms with van der Waals surface area (Å²) < 4.78 is 28.3. The number of halogens is 2. The average molecular weight is 273 g/mol. The molecule has 0 aliphatic rings. The maximum absolute atomic E-state index is 13.2. The van der Waals surface area contributed by atoms with Gasteiger partial charge in [0.2, 0.25) is 0 Å². The lowest BCUT2D eigenvalue weighted by Gasteiger charge is -2.05. The van der Waals surface area contributed by atoms with Gasteiger partial charge in [-0.25, -0.2) is 13.8 Å². The third kappa shape index (κ3) is 2.28. The number of hydrogen-bond donors (Lipinski definition) is 1. The zero-order valence-corrected chi connectivity index (χ0v) is 10.7. The monoisotopic (exact) mass is 273 g/mol. The van der Waals surface area contributed by atoms with Crippen molar-refractivity contribution in [2.24, 2.45) is 5.73 Å². The van der Waals surface area contributed by atoms with Gasteiger partial charge in [0.15, 0.2) is 0 Å². The van der Waals surface area contributed by atoms with Crippen LogP contribution in [0.1, 0.15) is 11.1 Å². The zero-order valence-electron chi connectivity index (χ0n) is 10.7. The number of rotatable bonds is 3. The van der Waals surface area contributed by atoms with E-state index in [9.17, 15) is 8.78 Å². The Morgan fingerprint density at radius 1 is 1.15 bits per heavy atom. The summed E-state index contributed by atoms with van der Waals surface area (Å²) in [6, 6.07) is 7.28. The van der Waals surface area contributed by atoms with Gasteiger partial charge in [-0.05, 0) is 35.4 Å². The second-order valence-electron chi connectivity index (χ2n) is 4.64. The Morgan fingerprint density at radius 3 is 2.60 bits per heavy atom. The highest BCUT2D eigenvalue weighted by atomic mass is 19.1. The standard InChI is InChI=1S/C15H13F2N3/c16-12-4-10(5-13(17)6-12)8-20-9-11(7-18)14-2-1-3-19-15(14)20/h1-6,9H,7-8,18H2. The third-order valence-electron chi connectivity index (χ3n) is 3.21. The largest absolute Gasteiger partial charge is 0.328 e. The smallest absolute Gasteiger partial charge is 0.140 e. The van der Waals surface area contributed by atoms with Gasteiger partial charge in [0.05, 0.1) is 0 Å². The Balaban J connectivity index is 2.06. The van der Waals surface area contributed by atoms with E-state index in [2.05, 4.69) is 4.98 Å². The van der Waals surface area contributed by atoms with E-state index in [0.29, 0.717) is 18.7 Å². The molecule has 2 heterocycles. The van der Waals surface area contributed by atoms with Crippen molar-refractivity contribution >= 4 is 11.0 Å². The first-order valence-electron chi connectivity index (χ1n) is 6.25. The fraction of sp³-hybridized carbons (Fsp3) is 0.133. The molecular weight excluding hydrogens is 260 g/mol. The average Bonchev–Trinajstić information content (AvgIpc) is 2.76. The van der Waals surface area contributed by atoms with E-state index < -0.39 is 11.6 Å². The molecule has 3 aromatic rings. The molecule has 5 heteroatoms. The fourth-order valence-electron chi connectivity index (χ4n) is 2.38. The molecule has 3 nitrogen and oxygen atoms in total. The maximum atomic E-state index is 13.2. The molecule has 102 valence electrons. The van der Waals surface area contributed by atoms with Gasteiger partial charge in [-0.15, -0.1) is 0 Å². The predicted molar refractivity (Wildman–Crippen MR) is 73.1 cm³/mol. The van der Waals surface area contributed by atoms with Crippen LogP contribution in [0.3, 0.4) is 0 Å². The summed E-state index contributed by atoms with van der Waals surface area (Å²) in [5, 5.41) is 0.965. The molecule has 0 fully saturated rings. The first-order valence-corrected chi connectivity index (χ1v) is 6.25. The van der Waals surface area contributed by atoms with Crippen molar-refractivity contribution in [1.82, 2.24) is 9.55 Å². The van der Waals surface area contributed by atoms with E-state index in [-0.39, 0.29) is 0 Å². The number of benzene rings is 1. The molecule has 2 N–H and O–H groups in total. The number of hydrogen-bond acceptors (Lipinski definition) is 2. The highest BCUT2D eigenvalue weighted by Gasteiger charge is 2.09. The molecule has 0 unspecified atom stereocenters. The minimum Gasteiger partial charge on any atom is -0.328 e. The van der Waals surface area contributed by atoms with Crippen LogP contribution in [0, 0.1) is 11.6 Å². The Labute approximate surface area is 114 Å². The minimum atomic E-state index is -0.580. The second-order valence-corrected chi connectivity index (χ2v) is 4.64. The molecule has 0 saturated carbocycles. The van der Waals surface area contributed by atoms with Crippen LogP contribution < -0.4 is 5.73 Å². The molecule has 0 saturated heterocycles. The molecule has 0 radical (unpaired) electrons. The molecule has 20 heavy (non-hydrogen) atoms. The number of nitrogens with two attached hydrogens (primary N) is 1. The molecule has 0 atom stereocenters. The van der Waals surface area contributed by atoms with Crippen molar-refractivity contribution in [2.75, 3.05) is 0 Å². The Morgan fingerprint density at radius 2 is 1.90 bits per heavy atom. The third-order valence-corrected chi connectivity index (χ3v) is 3.21. The summed E-state index contributed by atoms with van der Waals surface area (Å²) in [5.74, 6) is -1.16. The van der Waals surface area contributed by atoms with E-state index >= 15 is 0 Å². The van der Waals surface area contributed by atoms with Gasteiger partial charge in [0.25, 0.3) is 0 Å². The normalized spacial score (nSPS) is 11.2. The van der Waals surface area contributed by atoms with E-state index in [4.69, 9.17) is 5.73 Å². The minimum absolute atomic E-state index is 0.349. The summed E-state index contributed by atoms with van der Waals surface area (Å²) in [7, 11) is 0. The van der Waals surface area contributed by atoms with Crippen LogP contribution in [0.25, 0.3) is 11.0 Å². The SMILES string of the molecule is NCc1cn(Cc2cc(F)cc(F)c2)c2ncccc12. The van der Waals surface area contributed by atoms with Crippen molar-refractivity contribution in [3.05, 3.63) is 65.5 Å². The highest BCUT2D eigenvalue weighted by molar-refractivity contribution is 5.80. The summed E-state index contributed by atoms with van der Waals surface area (Å²) >= 11 is 0. The first-order chi connectivity index (χ1) is 9.67. The quantitative estimate of drug-likeness (QED) is 0.797. The lowest BCUT2D eigenvalue weighted by atomic mass is 10.2. The summed E-state index contributed by atoms with van der Waals surface area (Å²) in [6.07, 6.45) is 3.56. The Hall–Kier alpha value is -2.27. The van der Waals surface area contributed by atoms with E-state index in [1.54, 1.807) is 6.20 Å². The van der Waals surface area contributed by atoms with Gasteiger partial charge < -0.3 is 10.3 Å². The molecular formula is C15H13F2N3. The number of aromatic nitrogens is 2. The molecule has 2 aromatic heterocycles. The molecule has 0 aliphatic carbocycles.